The summed E-state index contributed by atoms with van der Waals surface area (Å²) in [6.07, 6.45) is 0. The predicted molar refractivity (Wildman–Crippen MR) is 80.8 cm³/mol. The number of halogens is 2. The van der Waals surface area contributed by atoms with Crippen molar-refractivity contribution in [2.24, 2.45) is 0 Å². The Balaban J connectivity index is 1.71. The number of hydrogen-bond acceptors (Lipinski definition) is 4. The van der Waals surface area contributed by atoms with Gasteiger partial charge in [0, 0.05) is 6.07 Å². The van der Waals surface area contributed by atoms with Gasteiger partial charge in [-0.25, -0.2) is 8.78 Å². The summed E-state index contributed by atoms with van der Waals surface area (Å²) in [5.41, 5.74) is -1.20. The number of benzene rings is 2. The standard InChI is InChI=1S/C17H15F2NO4/c1-17(22,10-2-5-14-15(6-10)24-9-23-14)8-20-16(21)12-4-3-11(18)7-13(12)19/h2-7,22H,8-9H2,1H3,(H,20,21)/t17-/m1/s1. The van der Waals surface area contributed by atoms with Crippen LogP contribution < -0.4 is 14.8 Å². The van der Waals surface area contributed by atoms with Gasteiger partial charge >= 0.3 is 0 Å². The van der Waals surface area contributed by atoms with Gasteiger partial charge in [-0.05, 0) is 36.8 Å². The van der Waals surface area contributed by atoms with Crippen molar-refractivity contribution in [3.8, 4) is 11.5 Å². The van der Waals surface area contributed by atoms with Crippen molar-refractivity contribution >= 4 is 5.91 Å². The molecule has 2 aromatic rings. The van der Waals surface area contributed by atoms with Crippen LogP contribution in [-0.2, 0) is 5.60 Å². The monoisotopic (exact) mass is 335 g/mol. The number of fused-ring (bicyclic) bond motifs is 1. The van der Waals surface area contributed by atoms with Gasteiger partial charge in [-0.2, -0.15) is 0 Å². The van der Waals surface area contributed by atoms with E-state index in [1.807, 2.05) is 0 Å². The molecule has 1 atom stereocenters. The van der Waals surface area contributed by atoms with Crippen LogP contribution in [0.3, 0.4) is 0 Å². The first kappa shape index (κ1) is 16.2. The Hall–Kier alpha value is -2.67. The van der Waals surface area contributed by atoms with Gasteiger partial charge < -0.3 is 19.9 Å². The van der Waals surface area contributed by atoms with Crippen LogP contribution in [0, 0.1) is 11.6 Å². The molecule has 24 heavy (non-hydrogen) atoms. The molecule has 0 aliphatic carbocycles. The minimum absolute atomic E-state index is 0.113. The van der Waals surface area contributed by atoms with Gasteiger partial charge in [0.25, 0.3) is 5.91 Å². The van der Waals surface area contributed by atoms with Crippen molar-refractivity contribution in [1.29, 1.82) is 0 Å². The third-order valence-corrected chi connectivity index (χ3v) is 3.76. The molecule has 0 unspecified atom stereocenters. The van der Waals surface area contributed by atoms with E-state index in [-0.39, 0.29) is 18.9 Å². The molecule has 1 aliphatic heterocycles. The largest absolute Gasteiger partial charge is 0.454 e. The summed E-state index contributed by atoms with van der Waals surface area (Å²) < 4.78 is 36.9. The maximum atomic E-state index is 13.6. The fraction of sp³-hybridized carbons (Fsp3) is 0.235. The molecule has 1 amide bonds. The number of aliphatic hydroxyl groups is 1. The molecule has 1 heterocycles. The first-order valence-corrected chi connectivity index (χ1v) is 7.22. The van der Waals surface area contributed by atoms with E-state index in [9.17, 15) is 18.7 Å². The zero-order valence-electron chi connectivity index (χ0n) is 12.8. The Morgan fingerprint density at radius 3 is 2.71 bits per heavy atom. The van der Waals surface area contributed by atoms with Crippen LogP contribution in [0.5, 0.6) is 11.5 Å². The van der Waals surface area contributed by atoms with E-state index in [0.29, 0.717) is 23.1 Å². The van der Waals surface area contributed by atoms with Crippen LogP contribution in [0.4, 0.5) is 8.78 Å². The maximum absolute atomic E-state index is 13.6. The van der Waals surface area contributed by atoms with Crippen LogP contribution in [-0.4, -0.2) is 24.4 Å². The lowest BCUT2D eigenvalue weighted by atomic mass is 9.95. The Labute approximate surface area is 136 Å². The van der Waals surface area contributed by atoms with Crippen molar-refractivity contribution in [2.75, 3.05) is 13.3 Å². The fourth-order valence-electron chi connectivity index (χ4n) is 2.35. The van der Waals surface area contributed by atoms with Gasteiger partial charge in [-0.15, -0.1) is 0 Å². The first-order chi connectivity index (χ1) is 11.4. The highest BCUT2D eigenvalue weighted by Gasteiger charge is 2.27. The lowest BCUT2D eigenvalue weighted by Crippen LogP contribution is -2.38. The molecule has 126 valence electrons. The number of carbonyl (C=O) groups excluding carboxylic acids is 1. The fourth-order valence-corrected chi connectivity index (χ4v) is 2.35. The maximum Gasteiger partial charge on any atom is 0.254 e. The second-order valence-electron chi connectivity index (χ2n) is 5.65. The van der Waals surface area contributed by atoms with Gasteiger partial charge in [-0.3, -0.25) is 4.79 Å². The molecule has 0 radical (unpaired) electrons. The van der Waals surface area contributed by atoms with Crippen molar-refractivity contribution in [3.05, 3.63) is 59.2 Å². The summed E-state index contributed by atoms with van der Waals surface area (Å²) in [6.45, 7) is 1.45. The molecular weight excluding hydrogens is 320 g/mol. The quantitative estimate of drug-likeness (QED) is 0.900. The molecule has 2 aromatic carbocycles. The van der Waals surface area contributed by atoms with Crippen molar-refractivity contribution < 1.29 is 28.2 Å². The number of hydrogen-bond donors (Lipinski definition) is 2. The predicted octanol–water partition coefficient (Wildman–Crippen LogP) is 2.33. The molecule has 0 spiro atoms. The van der Waals surface area contributed by atoms with E-state index in [1.54, 1.807) is 18.2 Å². The third kappa shape index (κ3) is 3.16. The van der Waals surface area contributed by atoms with E-state index in [1.165, 1.54) is 6.92 Å². The molecule has 5 nitrogen and oxygen atoms in total. The normalized spacial score (nSPS) is 15.0. The van der Waals surface area contributed by atoms with E-state index in [4.69, 9.17) is 9.47 Å². The number of ether oxygens (including phenoxy) is 2. The van der Waals surface area contributed by atoms with Gasteiger partial charge in [0.05, 0.1) is 12.1 Å². The van der Waals surface area contributed by atoms with Gasteiger partial charge in [0.15, 0.2) is 11.5 Å². The molecule has 7 heteroatoms. The highest BCUT2D eigenvalue weighted by Crippen LogP contribution is 2.35. The second-order valence-corrected chi connectivity index (χ2v) is 5.65. The molecule has 0 aromatic heterocycles. The molecular formula is C17H15F2NO4. The minimum atomic E-state index is -1.41. The lowest BCUT2D eigenvalue weighted by molar-refractivity contribution is 0.0523. The van der Waals surface area contributed by atoms with E-state index < -0.39 is 23.1 Å². The zero-order valence-corrected chi connectivity index (χ0v) is 12.8. The molecule has 0 saturated carbocycles. The summed E-state index contributed by atoms with van der Waals surface area (Å²) >= 11 is 0. The average Bonchev–Trinajstić information content (AvgIpc) is 3.00. The second kappa shape index (κ2) is 6.09. The van der Waals surface area contributed by atoms with E-state index in [0.717, 1.165) is 12.1 Å². The Morgan fingerprint density at radius 1 is 1.21 bits per heavy atom. The minimum Gasteiger partial charge on any atom is -0.454 e. The average molecular weight is 335 g/mol. The number of nitrogens with one attached hydrogen (secondary N) is 1. The smallest absolute Gasteiger partial charge is 0.254 e. The summed E-state index contributed by atoms with van der Waals surface area (Å²) in [6, 6.07) is 7.60. The van der Waals surface area contributed by atoms with Crippen molar-refractivity contribution in [3.63, 3.8) is 0 Å². The third-order valence-electron chi connectivity index (χ3n) is 3.76. The Kier molecular flexibility index (Phi) is 4.11. The molecule has 0 bridgehead atoms. The van der Waals surface area contributed by atoms with Gasteiger partial charge in [0.1, 0.15) is 17.2 Å². The molecule has 0 saturated heterocycles. The number of carbonyl (C=O) groups is 1. The molecule has 2 N–H and O–H groups in total. The molecule has 0 fully saturated rings. The van der Waals surface area contributed by atoms with Crippen LogP contribution in [0.1, 0.15) is 22.8 Å². The van der Waals surface area contributed by atoms with Crippen molar-refractivity contribution in [1.82, 2.24) is 5.32 Å². The molecule has 1 aliphatic rings. The highest BCUT2D eigenvalue weighted by molar-refractivity contribution is 5.94. The summed E-state index contributed by atoms with van der Waals surface area (Å²) in [7, 11) is 0. The number of amides is 1. The SMILES string of the molecule is C[C@@](O)(CNC(=O)c1ccc(F)cc1F)c1ccc2c(c1)OCO2. The van der Waals surface area contributed by atoms with Gasteiger partial charge in [0.2, 0.25) is 6.79 Å². The highest BCUT2D eigenvalue weighted by atomic mass is 19.1. The molecule has 3 rings (SSSR count). The topological polar surface area (TPSA) is 67.8 Å². The van der Waals surface area contributed by atoms with Crippen LogP contribution in [0.2, 0.25) is 0 Å². The summed E-state index contributed by atoms with van der Waals surface area (Å²) in [4.78, 5) is 12.0. The summed E-state index contributed by atoms with van der Waals surface area (Å²) in [5, 5.41) is 13.0. The zero-order chi connectivity index (χ0) is 17.3. The lowest BCUT2D eigenvalue weighted by Gasteiger charge is -2.24. The van der Waals surface area contributed by atoms with Gasteiger partial charge in [-0.1, -0.05) is 6.07 Å². The Bertz CT molecular complexity index is 792. The van der Waals surface area contributed by atoms with Crippen LogP contribution >= 0.6 is 0 Å². The van der Waals surface area contributed by atoms with E-state index in [2.05, 4.69) is 5.32 Å². The van der Waals surface area contributed by atoms with Crippen LogP contribution in [0.25, 0.3) is 0 Å². The van der Waals surface area contributed by atoms with Crippen molar-refractivity contribution in [2.45, 2.75) is 12.5 Å². The van der Waals surface area contributed by atoms with E-state index >= 15 is 0 Å². The Morgan fingerprint density at radius 2 is 1.96 bits per heavy atom. The number of rotatable bonds is 4. The van der Waals surface area contributed by atoms with Crippen LogP contribution in [0.15, 0.2) is 36.4 Å². The first-order valence-electron chi connectivity index (χ1n) is 7.22. The summed E-state index contributed by atoms with van der Waals surface area (Å²) in [5.74, 6) is -1.39.